The first kappa shape index (κ1) is 17.3. The summed E-state index contributed by atoms with van der Waals surface area (Å²) in [6.45, 7) is 4.10. The van der Waals surface area contributed by atoms with Crippen molar-refractivity contribution in [3.8, 4) is 10.6 Å². The lowest BCUT2D eigenvalue weighted by molar-refractivity contribution is -0.00541. The van der Waals surface area contributed by atoms with Crippen molar-refractivity contribution in [1.29, 1.82) is 0 Å². The molecule has 1 saturated carbocycles. The Labute approximate surface area is 166 Å². The summed E-state index contributed by atoms with van der Waals surface area (Å²) in [4.78, 5) is 3.55. The third kappa shape index (κ3) is 3.17. The van der Waals surface area contributed by atoms with Crippen molar-refractivity contribution in [1.82, 2.24) is 25.2 Å². The van der Waals surface area contributed by atoms with Crippen molar-refractivity contribution in [3.63, 3.8) is 0 Å². The number of hydrogen-bond acceptors (Lipinski definition) is 8. The Bertz CT molecular complexity index is 907. The van der Waals surface area contributed by atoms with Crippen LogP contribution in [-0.2, 0) is 4.74 Å². The van der Waals surface area contributed by atoms with Gasteiger partial charge in [-0.05, 0) is 43.0 Å². The molecule has 0 radical (unpaired) electrons. The molecule has 0 bridgehead atoms. The van der Waals surface area contributed by atoms with E-state index in [9.17, 15) is 0 Å². The Balaban J connectivity index is 1.36. The first-order valence-electron chi connectivity index (χ1n) is 9.25. The minimum Gasteiger partial charge on any atom is -0.379 e. The molecule has 0 amide bonds. The van der Waals surface area contributed by atoms with Gasteiger partial charge in [-0.25, -0.2) is 4.68 Å². The Hall–Kier alpha value is -1.84. The van der Waals surface area contributed by atoms with Crippen LogP contribution in [0.4, 0.5) is 5.13 Å². The van der Waals surface area contributed by atoms with Gasteiger partial charge < -0.3 is 9.64 Å². The molecule has 4 atom stereocenters. The monoisotopic (exact) mass is 402 g/mol. The number of nitrogens with zero attached hydrogens (tertiary/aromatic N) is 6. The summed E-state index contributed by atoms with van der Waals surface area (Å²) in [7, 11) is 1.82. The maximum absolute atomic E-state index is 5.88. The van der Waals surface area contributed by atoms with Crippen LogP contribution in [0, 0.1) is 18.8 Å². The predicted octanol–water partition coefficient (Wildman–Crippen LogP) is 3.27. The van der Waals surface area contributed by atoms with Gasteiger partial charge in [0.2, 0.25) is 5.13 Å². The van der Waals surface area contributed by atoms with Gasteiger partial charge in [0.15, 0.2) is 0 Å². The first-order chi connectivity index (χ1) is 13.2. The molecule has 1 saturated heterocycles. The zero-order chi connectivity index (χ0) is 18.4. The van der Waals surface area contributed by atoms with Gasteiger partial charge in [0.1, 0.15) is 10.7 Å². The smallest absolute Gasteiger partial charge is 0.208 e. The Kier molecular flexibility index (Phi) is 4.45. The zero-order valence-electron chi connectivity index (χ0n) is 15.4. The fourth-order valence-electron chi connectivity index (χ4n) is 4.47. The van der Waals surface area contributed by atoms with Crippen LogP contribution in [0.5, 0.6) is 0 Å². The number of anilines is 1. The fourth-order valence-corrected chi connectivity index (χ4v) is 5.85. The highest BCUT2D eigenvalue weighted by atomic mass is 32.1. The Morgan fingerprint density at radius 2 is 2.00 bits per heavy atom. The molecule has 7 nitrogen and oxygen atoms in total. The Morgan fingerprint density at radius 1 is 1.15 bits per heavy atom. The van der Waals surface area contributed by atoms with Gasteiger partial charge >= 0.3 is 0 Å². The molecule has 0 N–H and O–H groups in total. The number of methoxy groups -OCH3 is 1. The summed E-state index contributed by atoms with van der Waals surface area (Å²) >= 11 is 3.37. The van der Waals surface area contributed by atoms with E-state index in [2.05, 4.69) is 43.1 Å². The second-order valence-corrected chi connectivity index (χ2v) is 9.51. The van der Waals surface area contributed by atoms with Crippen LogP contribution in [-0.4, -0.2) is 51.5 Å². The number of hydrogen-bond donors (Lipinski definition) is 0. The lowest BCUT2D eigenvalue weighted by atomic mass is 9.77. The van der Waals surface area contributed by atoms with Crippen LogP contribution in [0.3, 0.4) is 0 Å². The summed E-state index contributed by atoms with van der Waals surface area (Å²) in [6.07, 6.45) is 4.35. The van der Waals surface area contributed by atoms with Crippen molar-refractivity contribution in [3.05, 3.63) is 28.7 Å². The molecule has 9 heteroatoms. The van der Waals surface area contributed by atoms with Gasteiger partial charge in [-0.2, -0.15) is 0 Å². The molecule has 2 fully saturated rings. The zero-order valence-corrected chi connectivity index (χ0v) is 17.0. The van der Waals surface area contributed by atoms with Crippen LogP contribution in [0.15, 0.2) is 23.7 Å². The molecular weight excluding hydrogens is 380 g/mol. The van der Waals surface area contributed by atoms with Gasteiger partial charge in [0, 0.05) is 20.2 Å². The number of fused-ring (bicyclic) bond motifs is 1. The molecule has 4 heterocycles. The van der Waals surface area contributed by atoms with Gasteiger partial charge in [-0.15, -0.1) is 26.6 Å². The molecule has 0 aromatic carbocycles. The van der Waals surface area contributed by atoms with Crippen molar-refractivity contribution in [2.75, 3.05) is 25.1 Å². The number of aromatic nitrogens is 5. The number of aryl methyl sites for hydroxylation is 1. The maximum atomic E-state index is 5.88. The molecule has 2 aliphatic rings. The molecule has 1 aliphatic carbocycles. The number of rotatable bonds is 4. The van der Waals surface area contributed by atoms with E-state index in [1.54, 1.807) is 22.7 Å². The summed E-state index contributed by atoms with van der Waals surface area (Å²) < 4.78 is 7.91. The number of ether oxygens (including phenoxy) is 1. The summed E-state index contributed by atoms with van der Waals surface area (Å²) in [5.74, 6) is 1.26. The van der Waals surface area contributed by atoms with Crippen molar-refractivity contribution in [2.24, 2.45) is 11.8 Å². The summed E-state index contributed by atoms with van der Waals surface area (Å²) in [6, 6.07) is 4.36. The van der Waals surface area contributed by atoms with E-state index in [0.29, 0.717) is 11.8 Å². The lowest BCUT2D eigenvalue weighted by Gasteiger charge is -2.36. The van der Waals surface area contributed by atoms with Crippen LogP contribution >= 0.6 is 22.7 Å². The highest BCUT2D eigenvalue weighted by Gasteiger charge is 2.44. The van der Waals surface area contributed by atoms with Crippen LogP contribution < -0.4 is 4.90 Å². The minimum absolute atomic E-state index is 0.167. The van der Waals surface area contributed by atoms with E-state index < -0.39 is 0 Å². The molecule has 1 aliphatic heterocycles. The molecular formula is C18H22N6OS2. The van der Waals surface area contributed by atoms with Crippen LogP contribution in [0.25, 0.3) is 10.6 Å². The fraction of sp³-hybridized carbons (Fsp3) is 0.556. The van der Waals surface area contributed by atoms with Crippen molar-refractivity contribution in [2.45, 2.75) is 31.9 Å². The first-order valence-corrected chi connectivity index (χ1v) is 10.9. The second kappa shape index (κ2) is 6.96. The highest BCUT2D eigenvalue weighted by molar-refractivity contribution is 7.15. The van der Waals surface area contributed by atoms with E-state index in [1.165, 1.54) is 0 Å². The second-order valence-electron chi connectivity index (χ2n) is 7.40. The molecule has 5 rings (SSSR count). The van der Waals surface area contributed by atoms with Crippen molar-refractivity contribution < 1.29 is 4.74 Å². The highest BCUT2D eigenvalue weighted by Crippen LogP contribution is 2.43. The summed E-state index contributed by atoms with van der Waals surface area (Å²) in [5, 5.41) is 21.5. The molecule has 0 spiro atoms. The normalized spacial score (nSPS) is 27.9. The average Bonchev–Trinajstić information content (AvgIpc) is 3.45. The molecule has 0 unspecified atom stereocenters. The predicted molar refractivity (Wildman–Crippen MR) is 106 cm³/mol. The molecule has 3 aromatic rings. The van der Waals surface area contributed by atoms with Crippen molar-refractivity contribution >= 4 is 27.8 Å². The van der Waals surface area contributed by atoms with E-state index in [0.717, 1.165) is 46.6 Å². The van der Waals surface area contributed by atoms with Gasteiger partial charge in [-0.3, -0.25) is 0 Å². The minimum atomic E-state index is 0.167. The maximum Gasteiger partial charge on any atom is 0.208 e. The largest absolute Gasteiger partial charge is 0.379 e. The molecule has 142 valence electrons. The van der Waals surface area contributed by atoms with Crippen LogP contribution in [0.2, 0.25) is 0 Å². The van der Waals surface area contributed by atoms with Gasteiger partial charge in [0.25, 0.3) is 0 Å². The quantitative estimate of drug-likeness (QED) is 0.667. The van der Waals surface area contributed by atoms with E-state index in [4.69, 9.17) is 4.74 Å². The Morgan fingerprint density at radius 3 is 2.70 bits per heavy atom. The van der Waals surface area contributed by atoms with Crippen LogP contribution in [0.1, 0.15) is 23.9 Å². The third-order valence-corrected chi connectivity index (χ3v) is 7.59. The van der Waals surface area contributed by atoms with Gasteiger partial charge in [-0.1, -0.05) is 22.6 Å². The van der Waals surface area contributed by atoms with E-state index in [-0.39, 0.29) is 12.1 Å². The summed E-state index contributed by atoms with van der Waals surface area (Å²) in [5.41, 5.74) is 0.944. The lowest BCUT2D eigenvalue weighted by Crippen LogP contribution is -2.37. The SMILES string of the molecule is CO[C@@H]1C[C@H]2CN(c3nnc(C)s3)C[C@H]2C[C@H]1n1cc(-c2cccs2)nn1. The standard InChI is InChI=1S/C18H22N6OS2/c1-11-19-21-18(27-11)23-8-12-6-15(16(25-2)7-13(12)9-23)24-10-14(20-22-24)17-4-3-5-26-17/h3-5,10,12-13,15-16H,6-9H2,1-2H3/t12-,13+,15-,16-/m1/s1. The third-order valence-electron chi connectivity index (χ3n) is 5.80. The molecule has 3 aromatic heterocycles. The average molecular weight is 403 g/mol. The van der Waals surface area contributed by atoms with E-state index >= 15 is 0 Å². The van der Waals surface area contributed by atoms with Gasteiger partial charge in [0.05, 0.1) is 23.2 Å². The van der Waals surface area contributed by atoms with E-state index in [1.807, 2.05) is 24.8 Å². The number of thiophene rings is 1. The topological polar surface area (TPSA) is 69.0 Å². The molecule has 27 heavy (non-hydrogen) atoms.